The van der Waals surface area contributed by atoms with Crippen molar-refractivity contribution in [2.45, 2.75) is 18.9 Å². The molecule has 8 nitrogen and oxygen atoms in total. The largest absolute Gasteiger partial charge is 0.383 e. The van der Waals surface area contributed by atoms with E-state index in [1.54, 1.807) is 28.0 Å². The van der Waals surface area contributed by atoms with E-state index in [4.69, 9.17) is 5.73 Å². The Morgan fingerprint density at radius 2 is 2.00 bits per heavy atom. The Kier molecular flexibility index (Phi) is 6.55. The number of nitrogens with zero attached hydrogens (tertiary/aromatic N) is 4. The van der Waals surface area contributed by atoms with Crippen LogP contribution in [-0.4, -0.2) is 55.9 Å². The fraction of sp³-hybridized carbons (Fsp3) is 0.304. The highest BCUT2D eigenvalue weighted by atomic mass is 79.9. The molecular weight excluding hydrogens is 472 g/mol. The molecule has 1 atom stereocenters. The number of hydrogen-bond donors (Lipinski definition) is 2. The summed E-state index contributed by atoms with van der Waals surface area (Å²) in [7, 11) is 1.83. The Labute approximate surface area is 194 Å². The maximum Gasteiger partial charge on any atom is 0.255 e. The molecule has 2 aromatic heterocycles. The maximum atomic E-state index is 12.9. The van der Waals surface area contributed by atoms with E-state index in [0.717, 1.165) is 22.9 Å². The molecule has 166 valence electrons. The number of halogens is 1. The summed E-state index contributed by atoms with van der Waals surface area (Å²) >= 11 is 3.43. The molecule has 0 spiro atoms. The number of likely N-dealkylation sites (tertiary alicyclic amines) is 1. The first-order chi connectivity index (χ1) is 15.4. The van der Waals surface area contributed by atoms with Gasteiger partial charge in [0.2, 0.25) is 0 Å². The molecule has 1 aliphatic rings. The van der Waals surface area contributed by atoms with Crippen molar-refractivity contribution in [2.75, 3.05) is 24.2 Å². The molecule has 1 aliphatic heterocycles. The van der Waals surface area contributed by atoms with Crippen LogP contribution in [0.1, 0.15) is 32.7 Å². The van der Waals surface area contributed by atoms with Crippen LogP contribution in [-0.2, 0) is 13.5 Å². The van der Waals surface area contributed by atoms with E-state index in [1.807, 2.05) is 37.5 Å². The van der Waals surface area contributed by atoms with Crippen molar-refractivity contribution in [3.63, 3.8) is 0 Å². The molecule has 0 radical (unpaired) electrons. The van der Waals surface area contributed by atoms with Crippen LogP contribution in [0.2, 0.25) is 0 Å². The van der Waals surface area contributed by atoms with Crippen molar-refractivity contribution in [3.8, 4) is 11.1 Å². The molecule has 32 heavy (non-hydrogen) atoms. The van der Waals surface area contributed by atoms with Crippen LogP contribution < -0.4 is 11.1 Å². The van der Waals surface area contributed by atoms with Crippen molar-refractivity contribution >= 4 is 33.6 Å². The standard InChI is InChI=1S/C23H25BrN6O2/c1-29-13-18(12-27-29)17-10-20(21(25)26-11-17)22(31)28-19-7-9-30(14-19)23(32)16-4-2-15(3-5-16)6-8-24/h2-5,10-13,19H,6-9,14H2,1H3,(H2,25,26)(H,28,31)/t19-/m1/s1. The van der Waals surface area contributed by atoms with E-state index >= 15 is 0 Å². The maximum absolute atomic E-state index is 12.9. The third kappa shape index (κ3) is 4.83. The highest BCUT2D eigenvalue weighted by Gasteiger charge is 2.28. The van der Waals surface area contributed by atoms with E-state index in [2.05, 4.69) is 31.3 Å². The second kappa shape index (κ2) is 9.52. The third-order valence-corrected chi connectivity index (χ3v) is 5.99. The zero-order valence-corrected chi connectivity index (χ0v) is 19.4. The quantitative estimate of drug-likeness (QED) is 0.510. The van der Waals surface area contributed by atoms with Crippen LogP contribution in [0, 0.1) is 0 Å². The number of carbonyl (C=O) groups excluding carboxylic acids is 2. The Morgan fingerprint density at radius 1 is 1.22 bits per heavy atom. The number of alkyl halides is 1. The van der Waals surface area contributed by atoms with Crippen LogP contribution >= 0.6 is 15.9 Å². The second-order valence-electron chi connectivity index (χ2n) is 7.91. The molecule has 0 unspecified atom stereocenters. The fourth-order valence-corrected chi connectivity index (χ4v) is 4.27. The van der Waals surface area contributed by atoms with Gasteiger partial charge in [0.15, 0.2) is 0 Å². The number of nitrogens with two attached hydrogens (primary N) is 1. The topological polar surface area (TPSA) is 106 Å². The van der Waals surface area contributed by atoms with E-state index in [0.29, 0.717) is 30.6 Å². The molecule has 1 saturated heterocycles. The van der Waals surface area contributed by atoms with Gasteiger partial charge >= 0.3 is 0 Å². The van der Waals surface area contributed by atoms with E-state index < -0.39 is 0 Å². The van der Waals surface area contributed by atoms with E-state index in [9.17, 15) is 9.59 Å². The average Bonchev–Trinajstić information content (AvgIpc) is 3.43. The first-order valence-corrected chi connectivity index (χ1v) is 11.6. The van der Waals surface area contributed by atoms with Gasteiger partial charge in [-0.15, -0.1) is 0 Å². The Balaban J connectivity index is 1.40. The molecule has 3 heterocycles. The van der Waals surface area contributed by atoms with Crippen LogP contribution in [0.5, 0.6) is 0 Å². The Morgan fingerprint density at radius 3 is 2.69 bits per heavy atom. The number of carbonyl (C=O) groups is 2. The van der Waals surface area contributed by atoms with Crippen molar-refractivity contribution in [1.29, 1.82) is 0 Å². The predicted molar refractivity (Wildman–Crippen MR) is 127 cm³/mol. The summed E-state index contributed by atoms with van der Waals surface area (Å²) in [5.41, 5.74) is 9.76. The lowest BCUT2D eigenvalue weighted by atomic mass is 10.1. The monoisotopic (exact) mass is 496 g/mol. The van der Waals surface area contributed by atoms with Gasteiger partial charge in [-0.25, -0.2) is 4.98 Å². The molecule has 0 bridgehead atoms. The molecule has 1 aromatic carbocycles. The van der Waals surface area contributed by atoms with Gasteiger partial charge in [-0.2, -0.15) is 5.10 Å². The smallest absolute Gasteiger partial charge is 0.255 e. The van der Waals surface area contributed by atoms with Crippen LogP contribution in [0.3, 0.4) is 0 Å². The van der Waals surface area contributed by atoms with E-state index in [-0.39, 0.29) is 23.7 Å². The molecule has 3 aromatic rings. The molecule has 0 saturated carbocycles. The number of anilines is 1. The molecular formula is C23H25BrN6O2. The number of pyridine rings is 1. The minimum atomic E-state index is -0.292. The first kappa shape index (κ1) is 22.0. The molecule has 9 heteroatoms. The summed E-state index contributed by atoms with van der Waals surface area (Å²) in [5.74, 6) is -0.143. The Hall–Kier alpha value is -3.20. The molecule has 0 aliphatic carbocycles. The van der Waals surface area contributed by atoms with Crippen LogP contribution in [0.25, 0.3) is 11.1 Å². The third-order valence-electron chi connectivity index (χ3n) is 5.60. The summed E-state index contributed by atoms with van der Waals surface area (Å²) < 4.78 is 1.69. The summed E-state index contributed by atoms with van der Waals surface area (Å²) in [5, 5.41) is 8.05. The highest BCUT2D eigenvalue weighted by Crippen LogP contribution is 2.22. The van der Waals surface area contributed by atoms with Crippen LogP contribution in [0.15, 0.2) is 48.9 Å². The highest BCUT2D eigenvalue weighted by molar-refractivity contribution is 9.09. The lowest BCUT2D eigenvalue weighted by Crippen LogP contribution is -2.38. The van der Waals surface area contributed by atoms with Gasteiger partial charge in [-0.1, -0.05) is 28.1 Å². The molecule has 4 rings (SSSR count). The summed E-state index contributed by atoms with van der Waals surface area (Å²) in [6, 6.07) is 9.27. The molecule has 3 N–H and O–H groups in total. The minimum absolute atomic E-state index is 0.0214. The van der Waals surface area contributed by atoms with Gasteiger partial charge in [0.25, 0.3) is 11.8 Å². The number of aromatic nitrogens is 3. The lowest BCUT2D eigenvalue weighted by Gasteiger charge is -2.18. The number of nitrogen functional groups attached to an aromatic ring is 1. The van der Waals surface area contributed by atoms with Crippen molar-refractivity contribution < 1.29 is 9.59 Å². The van der Waals surface area contributed by atoms with Crippen LogP contribution in [0.4, 0.5) is 5.82 Å². The van der Waals surface area contributed by atoms with Gasteiger partial charge in [0, 0.05) is 60.6 Å². The number of nitrogens with one attached hydrogen (secondary N) is 1. The van der Waals surface area contributed by atoms with Gasteiger partial charge < -0.3 is 16.0 Å². The number of benzene rings is 1. The average molecular weight is 497 g/mol. The second-order valence-corrected chi connectivity index (χ2v) is 8.70. The minimum Gasteiger partial charge on any atom is -0.383 e. The normalized spacial score (nSPS) is 15.7. The first-order valence-electron chi connectivity index (χ1n) is 10.4. The fourth-order valence-electron chi connectivity index (χ4n) is 3.82. The summed E-state index contributed by atoms with van der Waals surface area (Å²) in [6.07, 6.45) is 6.80. The number of amides is 2. The number of rotatable bonds is 6. The summed E-state index contributed by atoms with van der Waals surface area (Å²) in [4.78, 5) is 31.7. The van der Waals surface area contributed by atoms with Crippen molar-refractivity contribution in [3.05, 3.63) is 65.6 Å². The number of hydrogen-bond acceptors (Lipinski definition) is 5. The number of aryl methyl sites for hydroxylation is 2. The molecule has 2 amide bonds. The van der Waals surface area contributed by atoms with E-state index in [1.165, 1.54) is 5.56 Å². The summed E-state index contributed by atoms with van der Waals surface area (Å²) in [6.45, 7) is 1.06. The molecule has 1 fully saturated rings. The van der Waals surface area contributed by atoms with Gasteiger partial charge in [-0.05, 0) is 36.6 Å². The van der Waals surface area contributed by atoms with Gasteiger partial charge in [-0.3, -0.25) is 14.3 Å². The predicted octanol–water partition coefficient (Wildman–Crippen LogP) is 2.65. The van der Waals surface area contributed by atoms with Crippen molar-refractivity contribution in [2.24, 2.45) is 7.05 Å². The van der Waals surface area contributed by atoms with Gasteiger partial charge in [0.1, 0.15) is 5.82 Å². The lowest BCUT2D eigenvalue weighted by molar-refractivity contribution is 0.0783. The zero-order valence-electron chi connectivity index (χ0n) is 17.8. The van der Waals surface area contributed by atoms with Crippen molar-refractivity contribution in [1.82, 2.24) is 25.0 Å². The van der Waals surface area contributed by atoms with Gasteiger partial charge in [0.05, 0.1) is 11.8 Å². The Bertz CT molecular complexity index is 1130. The zero-order chi connectivity index (χ0) is 22.7. The SMILES string of the molecule is Cn1cc(-c2cnc(N)c(C(=O)N[C@@H]3CCN(C(=O)c4ccc(CCBr)cc4)C3)c2)cn1.